The second-order valence-corrected chi connectivity index (χ2v) is 4.64. The summed E-state index contributed by atoms with van der Waals surface area (Å²) in [5, 5.41) is 20.3. The molecule has 0 aromatic heterocycles. The van der Waals surface area contributed by atoms with E-state index in [1.807, 2.05) is 0 Å². The van der Waals surface area contributed by atoms with E-state index in [1.165, 1.54) is 23.1 Å². The fourth-order valence-electron chi connectivity index (χ4n) is 2.01. The molecule has 0 aromatic rings. The Morgan fingerprint density at radius 2 is 1.71 bits per heavy atom. The summed E-state index contributed by atoms with van der Waals surface area (Å²) in [6, 6.07) is 0. The van der Waals surface area contributed by atoms with E-state index in [0.717, 1.165) is 0 Å². The van der Waals surface area contributed by atoms with Crippen LogP contribution in [0.25, 0.3) is 0 Å². The molecule has 0 spiro atoms. The van der Waals surface area contributed by atoms with E-state index in [9.17, 15) is 14.8 Å². The van der Waals surface area contributed by atoms with Crippen LogP contribution in [0.4, 0.5) is 0 Å². The lowest BCUT2D eigenvalue weighted by atomic mass is 9.94. The summed E-state index contributed by atoms with van der Waals surface area (Å²) in [6.45, 7) is 18.1. The fraction of sp³-hybridized carbons (Fsp3) is 0.333. The average Bonchev–Trinajstić information content (AvgIpc) is 2.47. The third-order valence-corrected chi connectivity index (χ3v) is 3.40. The number of rotatable bonds is 12. The van der Waals surface area contributed by atoms with Gasteiger partial charge in [-0.1, -0.05) is 31.9 Å². The lowest BCUT2D eigenvalue weighted by Gasteiger charge is -2.43. The van der Waals surface area contributed by atoms with Crippen LogP contribution < -0.4 is 0 Å². The largest absolute Gasteiger partial charge is 0.496 e. The van der Waals surface area contributed by atoms with Gasteiger partial charge in [0.2, 0.25) is 5.72 Å². The molecule has 0 saturated heterocycles. The van der Waals surface area contributed by atoms with E-state index in [4.69, 9.17) is 4.52 Å². The van der Waals surface area contributed by atoms with E-state index < -0.39 is 26.9 Å². The molecule has 0 aromatic carbocycles. The lowest BCUT2D eigenvalue weighted by Crippen LogP contribution is -2.58. The van der Waals surface area contributed by atoms with Crippen molar-refractivity contribution in [2.45, 2.75) is 31.0 Å². The molecule has 116 valence electrons. The summed E-state index contributed by atoms with van der Waals surface area (Å²) in [7, 11) is -1.13. The van der Waals surface area contributed by atoms with Crippen molar-refractivity contribution in [3.05, 3.63) is 62.8 Å². The second-order valence-electron chi connectivity index (χ2n) is 4.26. The van der Waals surface area contributed by atoms with Gasteiger partial charge in [-0.05, 0) is 28.7 Å². The third-order valence-electron chi connectivity index (χ3n) is 2.98. The molecule has 0 heterocycles. The molecule has 21 heavy (non-hydrogen) atoms. The number of hydrogen-bond donors (Lipinski definition) is 2. The van der Waals surface area contributed by atoms with Gasteiger partial charge in [0, 0.05) is 6.42 Å². The Bertz CT molecular complexity index is 398. The molecular weight excluding hydrogens is 289 g/mol. The zero-order chi connectivity index (χ0) is 16.5. The minimum Gasteiger partial charge on any atom is -0.375 e. The number of allylic oxidation sites excluding steroid dienone is 1. The van der Waals surface area contributed by atoms with Crippen LogP contribution in [0.3, 0.4) is 0 Å². The molecule has 0 aliphatic heterocycles. The molecule has 0 saturated carbocycles. The normalized spacial score (nSPS) is 16.7. The Labute approximate surface area is 127 Å². The Kier molecular flexibility index (Phi) is 8.93. The predicted molar refractivity (Wildman–Crippen MR) is 85.8 cm³/mol. The Morgan fingerprint density at radius 1 is 1.19 bits per heavy atom. The van der Waals surface area contributed by atoms with Crippen LogP contribution >= 0.6 is 8.69 Å². The molecule has 0 fully saturated rings. The summed E-state index contributed by atoms with van der Waals surface area (Å²) in [6.07, 6.45) is 3.48. The summed E-state index contributed by atoms with van der Waals surface area (Å²) in [5.74, 6) is 0. The van der Waals surface area contributed by atoms with Gasteiger partial charge in [-0.3, -0.25) is 0 Å². The van der Waals surface area contributed by atoms with E-state index in [0.29, 0.717) is 12.0 Å². The maximum atomic E-state index is 11.1. The fourth-order valence-corrected chi connectivity index (χ4v) is 2.48. The molecule has 5 nitrogen and oxygen atoms in total. The van der Waals surface area contributed by atoms with Crippen LogP contribution in [0, 0.1) is 0 Å². The molecular formula is C15H23NO4P+. The molecule has 2 N–H and O–H groups in total. The van der Waals surface area contributed by atoms with Crippen LogP contribution in [0.2, 0.25) is 0 Å². The molecule has 0 bridgehead atoms. The summed E-state index contributed by atoms with van der Waals surface area (Å²) in [4.78, 5) is 1.17. The standard InChI is InChI=1S/C15H23NO4P/c1-6-10-12(5)15(11-7-2,20-21-19)16(13(17)8-3)14(18)9-4/h6-9,13-14,17-18,21H,1-5,10-11H2/q+1. The van der Waals surface area contributed by atoms with Gasteiger partial charge in [0.05, 0.1) is 0 Å². The van der Waals surface area contributed by atoms with Gasteiger partial charge in [-0.25, -0.2) is 4.90 Å². The van der Waals surface area contributed by atoms with E-state index >= 15 is 0 Å². The van der Waals surface area contributed by atoms with Crippen LogP contribution in [-0.4, -0.2) is 33.3 Å². The molecule has 4 unspecified atom stereocenters. The first kappa shape index (κ1) is 19.6. The van der Waals surface area contributed by atoms with Crippen LogP contribution in [0.1, 0.15) is 12.8 Å². The van der Waals surface area contributed by atoms with Crippen LogP contribution in [0.15, 0.2) is 62.8 Å². The monoisotopic (exact) mass is 312 g/mol. The minimum atomic E-state index is -1.42. The van der Waals surface area contributed by atoms with Crippen molar-refractivity contribution in [1.29, 1.82) is 0 Å². The highest BCUT2D eigenvalue weighted by Gasteiger charge is 2.48. The third kappa shape index (κ3) is 4.56. The van der Waals surface area contributed by atoms with Crippen molar-refractivity contribution in [3.63, 3.8) is 0 Å². The Hall–Kier alpha value is -1.36. The van der Waals surface area contributed by atoms with E-state index in [2.05, 4.69) is 32.9 Å². The highest BCUT2D eigenvalue weighted by molar-refractivity contribution is 7.17. The van der Waals surface area contributed by atoms with E-state index in [1.54, 1.807) is 6.08 Å². The number of aliphatic hydroxyl groups excluding tert-OH is 2. The lowest BCUT2D eigenvalue weighted by molar-refractivity contribution is -0.175. The van der Waals surface area contributed by atoms with Gasteiger partial charge in [0.25, 0.3) is 0 Å². The van der Waals surface area contributed by atoms with Crippen LogP contribution in [-0.2, 0) is 9.09 Å². The highest BCUT2D eigenvalue weighted by atomic mass is 31.1. The maximum absolute atomic E-state index is 11.1. The van der Waals surface area contributed by atoms with Crippen LogP contribution in [0.5, 0.6) is 0 Å². The smallest absolute Gasteiger partial charge is 0.375 e. The maximum Gasteiger partial charge on any atom is 0.496 e. The van der Waals surface area contributed by atoms with Gasteiger partial charge in [-0.2, -0.15) is 0 Å². The van der Waals surface area contributed by atoms with Crippen molar-refractivity contribution in [2.24, 2.45) is 0 Å². The first-order valence-electron chi connectivity index (χ1n) is 6.30. The number of nitrogens with zero attached hydrogens (tertiary/aromatic N) is 1. The Balaban J connectivity index is 6.07. The van der Waals surface area contributed by atoms with Crippen molar-refractivity contribution in [2.75, 3.05) is 0 Å². The predicted octanol–water partition coefficient (Wildman–Crippen LogP) is 2.66. The van der Waals surface area contributed by atoms with Crippen molar-refractivity contribution in [3.8, 4) is 0 Å². The molecule has 0 aliphatic rings. The summed E-state index contributed by atoms with van der Waals surface area (Å²) >= 11 is 0. The van der Waals surface area contributed by atoms with Gasteiger partial charge < -0.3 is 10.2 Å². The first-order chi connectivity index (χ1) is 9.94. The zero-order valence-corrected chi connectivity index (χ0v) is 13.1. The van der Waals surface area contributed by atoms with Gasteiger partial charge in [-0.15, -0.1) is 17.7 Å². The van der Waals surface area contributed by atoms with Gasteiger partial charge in [0.15, 0.2) is 0 Å². The second kappa shape index (κ2) is 9.55. The molecule has 6 heteroatoms. The van der Waals surface area contributed by atoms with Crippen molar-refractivity contribution < 1.29 is 19.3 Å². The molecule has 4 atom stereocenters. The van der Waals surface area contributed by atoms with Crippen molar-refractivity contribution in [1.82, 2.24) is 4.90 Å². The highest BCUT2D eigenvalue weighted by Crippen LogP contribution is 2.37. The Morgan fingerprint density at radius 3 is 2.05 bits per heavy atom. The summed E-state index contributed by atoms with van der Waals surface area (Å²) in [5.41, 5.74) is -0.959. The SMILES string of the molecule is C=CCC(=C)C(CC=C)(O[PH+]=O)N(C(O)C=C)C(O)C=C. The first-order valence-corrected chi connectivity index (χ1v) is 7.11. The van der Waals surface area contributed by atoms with Gasteiger partial charge in [0.1, 0.15) is 12.5 Å². The van der Waals surface area contributed by atoms with Crippen molar-refractivity contribution >= 4 is 8.69 Å². The molecule has 0 aliphatic carbocycles. The summed E-state index contributed by atoms with van der Waals surface area (Å²) < 4.78 is 16.5. The molecule has 0 rings (SSSR count). The minimum absolute atomic E-state index is 0.144. The quantitative estimate of drug-likeness (QED) is 0.329. The van der Waals surface area contributed by atoms with E-state index in [-0.39, 0.29) is 6.42 Å². The average molecular weight is 312 g/mol. The number of hydrogen-bond acceptors (Lipinski definition) is 5. The van der Waals surface area contributed by atoms with Gasteiger partial charge >= 0.3 is 8.69 Å². The molecule has 0 radical (unpaired) electrons. The molecule has 0 amide bonds. The topological polar surface area (TPSA) is 70.0 Å². The number of aliphatic hydroxyl groups is 2. The zero-order valence-electron chi connectivity index (χ0n) is 12.1.